The van der Waals surface area contributed by atoms with E-state index in [4.69, 9.17) is 18.9 Å². The SMILES string of the molecule is O=C(N[C@@H](CO)C(=O)N1CCN(Cc2ccc3c(c2)OCO3)CC1)c1ccc2c(c1)OCO2. The molecular formula is C23H25N3O7. The summed E-state index contributed by atoms with van der Waals surface area (Å²) in [5.74, 6) is 1.81. The number of fused-ring (bicyclic) bond motifs is 2. The van der Waals surface area contributed by atoms with Crippen LogP contribution in [0.1, 0.15) is 15.9 Å². The van der Waals surface area contributed by atoms with Gasteiger partial charge < -0.3 is 34.3 Å². The summed E-state index contributed by atoms with van der Waals surface area (Å²) >= 11 is 0. The zero-order valence-corrected chi connectivity index (χ0v) is 18.0. The van der Waals surface area contributed by atoms with Crippen molar-refractivity contribution in [2.24, 2.45) is 0 Å². The van der Waals surface area contributed by atoms with Crippen molar-refractivity contribution in [3.8, 4) is 23.0 Å². The zero-order chi connectivity index (χ0) is 22.8. The maximum absolute atomic E-state index is 12.9. The minimum absolute atomic E-state index is 0.110. The number of rotatable bonds is 6. The number of carbonyl (C=O) groups excluding carboxylic acids is 2. The van der Waals surface area contributed by atoms with Gasteiger partial charge in [-0.3, -0.25) is 14.5 Å². The van der Waals surface area contributed by atoms with E-state index in [9.17, 15) is 14.7 Å². The molecule has 1 saturated heterocycles. The Bertz CT molecular complexity index is 1050. The van der Waals surface area contributed by atoms with E-state index in [0.717, 1.165) is 23.6 Å². The van der Waals surface area contributed by atoms with Crippen molar-refractivity contribution < 1.29 is 33.6 Å². The van der Waals surface area contributed by atoms with Crippen LogP contribution in [-0.4, -0.2) is 79.1 Å². The number of hydrogen-bond acceptors (Lipinski definition) is 8. The molecule has 0 unspecified atom stereocenters. The van der Waals surface area contributed by atoms with Crippen LogP contribution < -0.4 is 24.3 Å². The number of hydrogen-bond donors (Lipinski definition) is 2. The number of amides is 2. The van der Waals surface area contributed by atoms with Crippen molar-refractivity contribution in [2.75, 3.05) is 46.4 Å². The number of piperazine rings is 1. The number of carbonyl (C=O) groups is 2. The van der Waals surface area contributed by atoms with E-state index in [2.05, 4.69) is 10.2 Å². The molecule has 3 aliphatic rings. The van der Waals surface area contributed by atoms with Gasteiger partial charge in [-0.05, 0) is 35.9 Å². The minimum Gasteiger partial charge on any atom is -0.454 e. The molecule has 0 spiro atoms. The van der Waals surface area contributed by atoms with Crippen LogP contribution in [0.4, 0.5) is 0 Å². The Morgan fingerprint density at radius 2 is 1.52 bits per heavy atom. The summed E-state index contributed by atoms with van der Waals surface area (Å²) in [6.45, 7) is 3.02. The van der Waals surface area contributed by atoms with Gasteiger partial charge in [0.25, 0.3) is 5.91 Å². The van der Waals surface area contributed by atoms with Gasteiger partial charge in [-0.2, -0.15) is 0 Å². The third kappa shape index (κ3) is 4.53. The smallest absolute Gasteiger partial charge is 0.252 e. The van der Waals surface area contributed by atoms with Crippen molar-refractivity contribution in [1.29, 1.82) is 0 Å². The lowest BCUT2D eigenvalue weighted by Gasteiger charge is -2.36. The second kappa shape index (κ2) is 9.16. The molecule has 3 aliphatic heterocycles. The van der Waals surface area contributed by atoms with Crippen molar-refractivity contribution >= 4 is 11.8 Å². The predicted molar refractivity (Wildman–Crippen MR) is 115 cm³/mol. The van der Waals surface area contributed by atoms with E-state index in [1.807, 2.05) is 18.2 Å². The van der Waals surface area contributed by atoms with Crippen LogP contribution in [0.25, 0.3) is 0 Å². The summed E-state index contributed by atoms with van der Waals surface area (Å²) in [5, 5.41) is 12.4. The number of nitrogens with zero attached hydrogens (tertiary/aromatic N) is 2. The highest BCUT2D eigenvalue weighted by molar-refractivity contribution is 5.98. The van der Waals surface area contributed by atoms with Gasteiger partial charge in [0, 0.05) is 38.3 Å². The first kappa shape index (κ1) is 21.4. The van der Waals surface area contributed by atoms with Crippen LogP contribution in [0, 0.1) is 0 Å². The Kier molecular flexibility index (Phi) is 5.93. The first-order chi connectivity index (χ1) is 16.1. The second-order valence-corrected chi connectivity index (χ2v) is 8.07. The molecular weight excluding hydrogens is 430 g/mol. The molecule has 174 valence electrons. The van der Waals surface area contributed by atoms with Gasteiger partial charge in [-0.15, -0.1) is 0 Å². The lowest BCUT2D eigenvalue weighted by molar-refractivity contribution is -0.136. The fraction of sp³-hybridized carbons (Fsp3) is 0.391. The molecule has 2 aromatic carbocycles. The van der Waals surface area contributed by atoms with Crippen LogP contribution in [0.2, 0.25) is 0 Å². The molecule has 1 fully saturated rings. The standard InChI is InChI=1S/C23H25N3O7/c27-12-17(24-22(28)16-2-4-19-21(10-16)33-14-31-19)23(29)26-7-5-25(6-8-26)11-15-1-3-18-20(9-15)32-13-30-18/h1-4,9-10,17,27H,5-8,11-14H2,(H,24,28)/t17-/m0/s1. The minimum atomic E-state index is -1.01. The summed E-state index contributed by atoms with van der Waals surface area (Å²) < 4.78 is 21.3. The van der Waals surface area contributed by atoms with Crippen LogP contribution in [0.3, 0.4) is 0 Å². The fourth-order valence-electron chi connectivity index (χ4n) is 4.11. The highest BCUT2D eigenvalue weighted by Gasteiger charge is 2.29. The molecule has 10 nitrogen and oxygen atoms in total. The Labute approximate surface area is 190 Å². The van der Waals surface area contributed by atoms with Crippen molar-refractivity contribution in [2.45, 2.75) is 12.6 Å². The topological polar surface area (TPSA) is 110 Å². The lowest BCUT2D eigenvalue weighted by atomic mass is 10.1. The third-order valence-electron chi connectivity index (χ3n) is 5.95. The van der Waals surface area contributed by atoms with Crippen LogP contribution in [-0.2, 0) is 11.3 Å². The second-order valence-electron chi connectivity index (χ2n) is 8.07. The van der Waals surface area contributed by atoms with Gasteiger partial charge in [-0.25, -0.2) is 0 Å². The lowest BCUT2D eigenvalue weighted by Crippen LogP contribution is -2.55. The van der Waals surface area contributed by atoms with Crippen LogP contribution in [0.5, 0.6) is 23.0 Å². The van der Waals surface area contributed by atoms with Crippen molar-refractivity contribution in [3.63, 3.8) is 0 Å². The Morgan fingerprint density at radius 1 is 0.879 bits per heavy atom. The molecule has 0 radical (unpaired) electrons. The number of ether oxygens (including phenoxy) is 4. The molecule has 33 heavy (non-hydrogen) atoms. The third-order valence-corrected chi connectivity index (χ3v) is 5.95. The van der Waals surface area contributed by atoms with Gasteiger partial charge in [0.2, 0.25) is 19.5 Å². The fourth-order valence-corrected chi connectivity index (χ4v) is 4.11. The monoisotopic (exact) mass is 455 g/mol. The molecule has 2 aromatic rings. The van der Waals surface area contributed by atoms with E-state index in [1.165, 1.54) is 0 Å². The number of aliphatic hydroxyl groups is 1. The predicted octanol–water partition coefficient (Wildman–Crippen LogP) is 0.579. The van der Waals surface area contributed by atoms with E-state index >= 15 is 0 Å². The molecule has 2 N–H and O–H groups in total. The number of nitrogens with one attached hydrogen (secondary N) is 1. The summed E-state index contributed by atoms with van der Waals surface area (Å²) in [6, 6.07) is 9.69. The Hall–Kier alpha value is -3.50. The summed E-state index contributed by atoms with van der Waals surface area (Å²) in [5.41, 5.74) is 1.45. The largest absolute Gasteiger partial charge is 0.454 e. The van der Waals surface area contributed by atoms with Gasteiger partial charge in [0.15, 0.2) is 23.0 Å². The number of benzene rings is 2. The summed E-state index contributed by atoms with van der Waals surface area (Å²) in [4.78, 5) is 29.5. The average Bonchev–Trinajstić information content (AvgIpc) is 3.51. The zero-order valence-electron chi connectivity index (χ0n) is 18.0. The molecule has 3 heterocycles. The van der Waals surface area contributed by atoms with Gasteiger partial charge in [-0.1, -0.05) is 6.07 Å². The van der Waals surface area contributed by atoms with Crippen molar-refractivity contribution in [1.82, 2.24) is 15.1 Å². The molecule has 2 amide bonds. The first-order valence-electron chi connectivity index (χ1n) is 10.8. The van der Waals surface area contributed by atoms with E-state index in [-0.39, 0.29) is 19.5 Å². The van der Waals surface area contributed by atoms with Crippen LogP contribution in [0.15, 0.2) is 36.4 Å². The van der Waals surface area contributed by atoms with Crippen molar-refractivity contribution in [3.05, 3.63) is 47.5 Å². The van der Waals surface area contributed by atoms with E-state index < -0.39 is 18.6 Å². The normalized spacial score (nSPS) is 17.7. The van der Waals surface area contributed by atoms with Gasteiger partial charge in [0.1, 0.15) is 6.04 Å². The number of aliphatic hydroxyl groups excluding tert-OH is 1. The van der Waals surface area contributed by atoms with Gasteiger partial charge >= 0.3 is 0 Å². The molecule has 1 atom stereocenters. The molecule has 0 aromatic heterocycles. The molecule has 10 heteroatoms. The average molecular weight is 455 g/mol. The summed E-state index contributed by atoms with van der Waals surface area (Å²) in [6.07, 6.45) is 0. The first-order valence-corrected chi connectivity index (χ1v) is 10.8. The maximum Gasteiger partial charge on any atom is 0.252 e. The maximum atomic E-state index is 12.9. The molecule has 5 rings (SSSR count). The molecule has 0 aliphatic carbocycles. The molecule has 0 saturated carbocycles. The van der Waals surface area contributed by atoms with E-state index in [0.29, 0.717) is 43.2 Å². The highest BCUT2D eigenvalue weighted by Crippen LogP contribution is 2.33. The Morgan fingerprint density at radius 3 is 2.21 bits per heavy atom. The summed E-state index contributed by atoms with van der Waals surface area (Å²) in [7, 11) is 0. The van der Waals surface area contributed by atoms with Gasteiger partial charge in [0.05, 0.1) is 6.61 Å². The Balaban J connectivity index is 1.14. The quantitative estimate of drug-likeness (QED) is 0.651. The highest BCUT2D eigenvalue weighted by atomic mass is 16.7. The van der Waals surface area contributed by atoms with E-state index in [1.54, 1.807) is 23.1 Å². The molecule has 0 bridgehead atoms. The van der Waals surface area contributed by atoms with Crippen LogP contribution >= 0.6 is 0 Å².